The van der Waals surface area contributed by atoms with Gasteiger partial charge in [-0.15, -0.1) is 0 Å². The summed E-state index contributed by atoms with van der Waals surface area (Å²) in [5, 5.41) is 0.203. The van der Waals surface area contributed by atoms with Crippen molar-refractivity contribution in [2.24, 2.45) is 0 Å². The van der Waals surface area contributed by atoms with Gasteiger partial charge in [0.1, 0.15) is 5.82 Å². The van der Waals surface area contributed by atoms with Crippen LogP contribution in [0.4, 0.5) is 10.6 Å². The van der Waals surface area contributed by atoms with Crippen LogP contribution in [-0.4, -0.2) is 53.9 Å². The van der Waals surface area contributed by atoms with Gasteiger partial charge in [-0.05, 0) is 18.5 Å². The summed E-state index contributed by atoms with van der Waals surface area (Å²) in [4.78, 5) is 24.1. The van der Waals surface area contributed by atoms with Gasteiger partial charge in [0, 0.05) is 12.1 Å². The van der Waals surface area contributed by atoms with Gasteiger partial charge in [-0.25, -0.2) is 14.8 Å². The fourth-order valence-electron chi connectivity index (χ4n) is 2.75. The summed E-state index contributed by atoms with van der Waals surface area (Å²) in [5.74, 6) is 0.798. The highest BCUT2D eigenvalue weighted by atomic mass is 35.5. The standard InChI is InChI=1S/C13H17ClN4O3/c1-8-7-21-4-3-18(8)11-9-5-17(13(19)20-2)6-10(9)15-12(14)16-11/h8H,3-7H2,1-2H3. The first kappa shape index (κ1) is 14.3. The number of methoxy groups -OCH3 is 1. The maximum atomic E-state index is 11.7. The van der Waals surface area contributed by atoms with Gasteiger partial charge >= 0.3 is 6.09 Å². The number of carbonyl (C=O) groups excluding carboxylic acids is 1. The maximum Gasteiger partial charge on any atom is 0.410 e. The molecule has 0 saturated carbocycles. The first-order valence-corrected chi connectivity index (χ1v) is 7.20. The lowest BCUT2D eigenvalue weighted by molar-refractivity contribution is 0.0983. The van der Waals surface area contributed by atoms with Crippen LogP contribution in [-0.2, 0) is 22.6 Å². The minimum Gasteiger partial charge on any atom is -0.453 e. The van der Waals surface area contributed by atoms with Crippen LogP contribution in [0, 0.1) is 0 Å². The predicted molar refractivity (Wildman–Crippen MR) is 76.3 cm³/mol. The lowest BCUT2D eigenvalue weighted by Crippen LogP contribution is -2.44. The van der Waals surface area contributed by atoms with Crippen LogP contribution in [0.15, 0.2) is 0 Å². The Labute approximate surface area is 127 Å². The molecule has 0 spiro atoms. The molecule has 1 aromatic rings. The molecule has 1 saturated heterocycles. The van der Waals surface area contributed by atoms with E-state index >= 15 is 0 Å². The van der Waals surface area contributed by atoms with E-state index in [1.807, 2.05) is 0 Å². The van der Waals surface area contributed by atoms with Gasteiger partial charge in [0.2, 0.25) is 5.28 Å². The van der Waals surface area contributed by atoms with Crippen molar-refractivity contribution in [3.63, 3.8) is 0 Å². The van der Waals surface area contributed by atoms with Crippen molar-refractivity contribution < 1.29 is 14.3 Å². The molecule has 3 heterocycles. The molecule has 1 aromatic heterocycles. The SMILES string of the molecule is COC(=O)N1Cc2nc(Cl)nc(N3CCOCC3C)c2C1. The largest absolute Gasteiger partial charge is 0.453 e. The quantitative estimate of drug-likeness (QED) is 0.731. The molecular formula is C13H17ClN4O3. The van der Waals surface area contributed by atoms with E-state index in [2.05, 4.69) is 21.8 Å². The molecule has 21 heavy (non-hydrogen) atoms. The van der Waals surface area contributed by atoms with E-state index in [1.54, 1.807) is 4.90 Å². The highest BCUT2D eigenvalue weighted by Gasteiger charge is 2.32. The third-order valence-corrected chi connectivity index (χ3v) is 3.97. The van der Waals surface area contributed by atoms with Gasteiger partial charge < -0.3 is 14.4 Å². The van der Waals surface area contributed by atoms with Crippen LogP contribution in [0.2, 0.25) is 5.28 Å². The summed E-state index contributed by atoms with van der Waals surface area (Å²) >= 11 is 6.04. The van der Waals surface area contributed by atoms with Crippen molar-refractivity contribution in [2.75, 3.05) is 31.8 Å². The molecule has 0 bridgehead atoms. The Morgan fingerprint density at radius 3 is 2.95 bits per heavy atom. The molecule has 7 nitrogen and oxygen atoms in total. The minimum absolute atomic E-state index is 0.203. The molecule has 1 atom stereocenters. The van der Waals surface area contributed by atoms with Crippen molar-refractivity contribution >= 4 is 23.5 Å². The number of anilines is 1. The molecule has 0 aliphatic carbocycles. The van der Waals surface area contributed by atoms with Gasteiger partial charge in [-0.2, -0.15) is 0 Å². The topological polar surface area (TPSA) is 67.8 Å². The van der Waals surface area contributed by atoms with Gasteiger partial charge in [-0.1, -0.05) is 0 Å². The number of hydrogen-bond acceptors (Lipinski definition) is 6. The molecule has 8 heteroatoms. The number of nitrogens with zero attached hydrogens (tertiary/aromatic N) is 4. The van der Waals surface area contributed by atoms with E-state index in [-0.39, 0.29) is 17.4 Å². The number of fused-ring (bicyclic) bond motifs is 1. The zero-order chi connectivity index (χ0) is 15.0. The van der Waals surface area contributed by atoms with Crippen molar-refractivity contribution in [3.8, 4) is 0 Å². The Balaban J connectivity index is 1.95. The molecule has 1 fully saturated rings. The second-order valence-electron chi connectivity index (χ2n) is 5.18. The maximum absolute atomic E-state index is 11.7. The monoisotopic (exact) mass is 312 g/mol. The smallest absolute Gasteiger partial charge is 0.410 e. The van der Waals surface area contributed by atoms with Gasteiger partial charge in [0.25, 0.3) is 0 Å². The number of morpholine rings is 1. The number of aromatic nitrogens is 2. The third kappa shape index (κ3) is 2.63. The third-order valence-electron chi connectivity index (χ3n) is 3.81. The van der Waals surface area contributed by atoms with Crippen LogP contribution < -0.4 is 4.90 Å². The van der Waals surface area contributed by atoms with Crippen LogP contribution in [0.5, 0.6) is 0 Å². The van der Waals surface area contributed by atoms with E-state index in [4.69, 9.17) is 21.1 Å². The molecule has 0 radical (unpaired) electrons. The summed E-state index contributed by atoms with van der Waals surface area (Å²) in [6, 6.07) is 0.209. The van der Waals surface area contributed by atoms with Crippen LogP contribution in [0.1, 0.15) is 18.2 Å². The molecule has 3 rings (SSSR count). The van der Waals surface area contributed by atoms with E-state index in [0.717, 1.165) is 23.6 Å². The molecule has 2 aliphatic heterocycles. The van der Waals surface area contributed by atoms with E-state index in [9.17, 15) is 4.79 Å². The zero-order valence-corrected chi connectivity index (χ0v) is 12.8. The van der Waals surface area contributed by atoms with Crippen LogP contribution in [0.25, 0.3) is 0 Å². The number of ether oxygens (including phenoxy) is 2. The van der Waals surface area contributed by atoms with Gasteiger partial charge in [-0.3, -0.25) is 4.90 Å². The number of halogens is 1. The van der Waals surface area contributed by atoms with E-state index in [0.29, 0.717) is 26.3 Å². The Morgan fingerprint density at radius 1 is 1.43 bits per heavy atom. The zero-order valence-electron chi connectivity index (χ0n) is 12.0. The fraction of sp³-hybridized carbons (Fsp3) is 0.615. The first-order chi connectivity index (χ1) is 10.1. The molecule has 1 unspecified atom stereocenters. The summed E-state index contributed by atoms with van der Waals surface area (Å²) in [6.45, 7) is 4.97. The molecule has 114 valence electrons. The van der Waals surface area contributed by atoms with E-state index < -0.39 is 0 Å². The van der Waals surface area contributed by atoms with Crippen molar-refractivity contribution in [1.82, 2.24) is 14.9 Å². The Hall–Kier alpha value is -1.60. The normalized spacial score (nSPS) is 21.4. The average Bonchev–Trinajstić information content (AvgIpc) is 2.90. The van der Waals surface area contributed by atoms with Crippen molar-refractivity contribution in [3.05, 3.63) is 16.5 Å². The highest BCUT2D eigenvalue weighted by Crippen LogP contribution is 2.32. The average molecular weight is 313 g/mol. The number of carbonyl (C=O) groups is 1. The molecular weight excluding hydrogens is 296 g/mol. The number of amides is 1. The van der Waals surface area contributed by atoms with Crippen LogP contribution >= 0.6 is 11.6 Å². The van der Waals surface area contributed by atoms with Gasteiger partial charge in [0.05, 0.1) is 45.1 Å². The highest BCUT2D eigenvalue weighted by molar-refractivity contribution is 6.28. The van der Waals surface area contributed by atoms with E-state index in [1.165, 1.54) is 7.11 Å². The minimum atomic E-state index is -0.370. The van der Waals surface area contributed by atoms with Crippen LogP contribution in [0.3, 0.4) is 0 Å². The summed E-state index contributed by atoms with van der Waals surface area (Å²) in [6.07, 6.45) is -0.370. The summed E-state index contributed by atoms with van der Waals surface area (Å²) < 4.78 is 10.2. The second kappa shape index (κ2) is 5.65. The Morgan fingerprint density at radius 2 is 2.24 bits per heavy atom. The lowest BCUT2D eigenvalue weighted by Gasteiger charge is -2.35. The molecule has 1 amide bonds. The number of hydrogen-bond donors (Lipinski definition) is 0. The second-order valence-corrected chi connectivity index (χ2v) is 5.52. The Kier molecular flexibility index (Phi) is 3.86. The summed E-state index contributed by atoms with van der Waals surface area (Å²) in [5.41, 5.74) is 1.73. The van der Waals surface area contributed by atoms with Crippen molar-refractivity contribution in [2.45, 2.75) is 26.1 Å². The van der Waals surface area contributed by atoms with Gasteiger partial charge in [0.15, 0.2) is 0 Å². The summed E-state index contributed by atoms with van der Waals surface area (Å²) in [7, 11) is 1.37. The molecule has 0 N–H and O–H groups in total. The molecule has 2 aliphatic rings. The Bertz CT molecular complexity index is 569. The molecule has 0 aromatic carbocycles. The predicted octanol–water partition coefficient (Wildman–Crippen LogP) is 1.44. The number of rotatable bonds is 1. The first-order valence-electron chi connectivity index (χ1n) is 6.82. The fourth-order valence-corrected chi connectivity index (χ4v) is 2.93. The van der Waals surface area contributed by atoms with Crippen molar-refractivity contribution in [1.29, 1.82) is 0 Å². The lowest BCUT2D eigenvalue weighted by atomic mass is 10.2.